The van der Waals surface area contributed by atoms with Crippen molar-refractivity contribution in [3.63, 3.8) is 0 Å². The van der Waals surface area contributed by atoms with Gasteiger partial charge in [0.15, 0.2) is 5.11 Å². The lowest BCUT2D eigenvalue weighted by molar-refractivity contribution is -0.136. The van der Waals surface area contributed by atoms with E-state index in [2.05, 4.69) is 11.9 Å². The number of allylic oxidation sites excluding steroid dienone is 1. The fraction of sp³-hybridized carbons (Fsp3) is 0.250. The van der Waals surface area contributed by atoms with Crippen LogP contribution in [0.4, 0.5) is 0 Å². The summed E-state index contributed by atoms with van der Waals surface area (Å²) in [6, 6.07) is 6.91. The van der Waals surface area contributed by atoms with E-state index in [4.69, 9.17) is 28.6 Å². The fourth-order valence-corrected chi connectivity index (χ4v) is 3.02. The van der Waals surface area contributed by atoms with E-state index in [-0.39, 0.29) is 0 Å². The standard InChI is InChI=1S/C16H17ClN2O2S/c1-4-9-19-10(2)13(15(20)21-3)14(18-16(19)22)11-7-5-6-8-12(11)17/h4-8,14H,1,9H2,2-3H3,(H,18,22)/t14-/m1/s1. The van der Waals surface area contributed by atoms with Gasteiger partial charge in [-0.1, -0.05) is 35.9 Å². The van der Waals surface area contributed by atoms with Gasteiger partial charge in [0.1, 0.15) is 0 Å². The molecule has 116 valence electrons. The average Bonchev–Trinajstić information content (AvgIpc) is 2.50. The van der Waals surface area contributed by atoms with Crippen LogP contribution in [-0.2, 0) is 9.53 Å². The number of methoxy groups -OCH3 is 1. The molecule has 6 heteroatoms. The number of nitrogens with one attached hydrogen (secondary N) is 1. The van der Waals surface area contributed by atoms with Crippen molar-refractivity contribution < 1.29 is 9.53 Å². The van der Waals surface area contributed by atoms with Gasteiger partial charge in [-0.3, -0.25) is 0 Å². The molecule has 0 saturated carbocycles. The molecule has 22 heavy (non-hydrogen) atoms. The molecule has 0 fully saturated rings. The Hall–Kier alpha value is -1.85. The quantitative estimate of drug-likeness (QED) is 0.519. The SMILES string of the molecule is C=CCN1C(=S)N[C@H](c2ccccc2Cl)C(C(=O)OC)=C1C. The minimum atomic E-state index is -0.435. The zero-order chi connectivity index (χ0) is 16.3. The lowest BCUT2D eigenvalue weighted by atomic mass is 9.95. The van der Waals surface area contributed by atoms with Gasteiger partial charge >= 0.3 is 5.97 Å². The van der Waals surface area contributed by atoms with E-state index in [0.717, 1.165) is 11.3 Å². The highest BCUT2D eigenvalue weighted by Gasteiger charge is 2.34. The van der Waals surface area contributed by atoms with Gasteiger partial charge in [0, 0.05) is 17.3 Å². The molecule has 0 bridgehead atoms. The Balaban J connectivity index is 2.58. The first kappa shape index (κ1) is 16.5. The van der Waals surface area contributed by atoms with Crippen LogP contribution < -0.4 is 5.32 Å². The van der Waals surface area contributed by atoms with E-state index in [1.54, 1.807) is 12.1 Å². The van der Waals surface area contributed by atoms with Crippen LogP contribution in [0.3, 0.4) is 0 Å². The molecule has 0 amide bonds. The largest absolute Gasteiger partial charge is 0.466 e. The van der Waals surface area contributed by atoms with Crippen LogP contribution in [0.1, 0.15) is 18.5 Å². The second-order valence-electron chi connectivity index (χ2n) is 4.79. The van der Waals surface area contributed by atoms with Crippen molar-refractivity contribution in [2.45, 2.75) is 13.0 Å². The number of rotatable bonds is 4. The highest BCUT2D eigenvalue weighted by atomic mass is 35.5. The lowest BCUT2D eigenvalue weighted by Gasteiger charge is -2.37. The molecule has 4 nitrogen and oxygen atoms in total. The van der Waals surface area contributed by atoms with Gasteiger partial charge in [-0.25, -0.2) is 4.79 Å². The van der Waals surface area contributed by atoms with Gasteiger partial charge in [-0.05, 0) is 30.8 Å². The predicted molar refractivity (Wildman–Crippen MR) is 91.5 cm³/mol. The summed E-state index contributed by atoms with van der Waals surface area (Å²) in [6.45, 7) is 6.06. The van der Waals surface area contributed by atoms with E-state index < -0.39 is 12.0 Å². The van der Waals surface area contributed by atoms with E-state index >= 15 is 0 Å². The molecule has 1 aromatic carbocycles. The minimum Gasteiger partial charge on any atom is -0.466 e. The van der Waals surface area contributed by atoms with Crippen molar-refractivity contribution in [2.24, 2.45) is 0 Å². The molecule has 0 aromatic heterocycles. The molecule has 0 spiro atoms. The zero-order valence-electron chi connectivity index (χ0n) is 12.4. The van der Waals surface area contributed by atoms with Crippen LogP contribution >= 0.6 is 23.8 Å². The van der Waals surface area contributed by atoms with Crippen molar-refractivity contribution in [1.29, 1.82) is 0 Å². The lowest BCUT2D eigenvalue weighted by Crippen LogP contribution is -2.47. The molecular weight excluding hydrogens is 320 g/mol. The summed E-state index contributed by atoms with van der Waals surface area (Å²) in [7, 11) is 1.36. The second-order valence-corrected chi connectivity index (χ2v) is 5.59. The summed E-state index contributed by atoms with van der Waals surface area (Å²) in [6.07, 6.45) is 1.72. The maximum atomic E-state index is 12.3. The molecule has 0 aliphatic carbocycles. The minimum absolute atomic E-state index is 0.411. The Bertz CT molecular complexity index is 657. The smallest absolute Gasteiger partial charge is 0.337 e. The molecular formula is C16H17ClN2O2S. The normalized spacial score (nSPS) is 18.0. The number of halogens is 1. The molecule has 2 rings (SSSR count). The van der Waals surface area contributed by atoms with Crippen molar-refractivity contribution >= 4 is 34.9 Å². The summed E-state index contributed by atoms with van der Waals surface area (Å²) in [5.74, 6) is -0.411. The number of benzene rings is 1. The van der Waals surface area contributed by atoms with Crippen molar-refractivity contribution in [3.8, 4) is 0 Å². The highest BCUT2D eigenvalue weighted by molar-refractivity contribution is 7.80. The Morgan fingerprint density at radius 1 is 1.55 bits per heavy atom. The Morgan fingerprint density at radius 3 is 2.82 bits per heavy atom. The van der Waals surface area contributed by atoms with Crippen LogP contribution in [-0.4, -0.2) is 29.6 Å². The number of nitrogens with zero attached hydrogens (tertiary/aromatic N) is 1. The number of ether oxygens (including phenoxy) is 1. The fourth-order valence-electron chi connectivity index (χ4n) is 2.45. The number of hydrogen-bond acceptors (Lipinski definition) is 3. The van der Waals surface area contributed by atoms with E-state index in [9.17, 15) is 4.79 Å². The van der Waals surface area contributed by atoms with Gasteiger partial charge in [0.05, 0.1) is 18.7 Å². The van der Waals surface area contributed by atoms with E-state index in [0.29, 0.717) is 22.3 Å². The van der Waals surface area contributed by atoms with Gasteiger partial charge in [-0.2, -0.15) is 0 Å². The van der Waals surface area contributed by atoms with E-state index in [1.807, 2.05) is 30.0 Å². The first-order chi connectivity index (χ1) is 10.5. The van der Waals surface area contributed by atoms with Gasteiger partial charge in [0.2, 0.25) is 0 Å². The summed E-state index contributed by atoms with van der Waals surface area (Å²) in [5.41, 5.74) is 2.01. The predicted octanol–water partition coefficient (Wildman–Crippen LogP) is 3.20. The average molecular weight is 337 g/mol. The van der Waals surface area contributed by atoms with Crippen LogP contribution in [0.2, 0.25) is 5.02 Å². The molecule has 1 aliphatic rings. The molecule has 1 heterocycles. The first-order valence-corrected chi connectivity index (χ1v) is 7.52. The second kappa shape index (κ2) is 6.94. The zero-order valence-corrected chi connectivity index (χ0v) is 14.0. The molecule has 0 unspecified atom stereocenters. The Morgan fingerprint density at radius 2 is 2.23 bits per heavy atom. The topological polar surface area (TPSA) is 41.6 Å². The summed E-state index contributed by atoms with van der Waals surface area (Å²) in [5, 5.41) is 4.26. The Kier molecular flexibility index (Phi) is 5.21. The number of esters is 1. The first-order valence-electron chi connectivity index (χ1n) is 6.73. The van der Waals surface area contributed by atoms with Crippen LogP contribution in [0.25, 0.3) is 0 Å². The van der Waals surface area contributed by atoms with Gasteiger partial charge in [-0.15, -0.1) is 6.58 Å². The maximum Gasteiger partial charge on any atom is 0.337 e. The summed E-state index contributed by atoms with van der Waals surface area (Å²) < 4.78 is 4.94. The summed E-state index contributed by atoms with van der Waals surface area (Å²) in [4.78, 5) is 14.1. The number of carbonyl (C=O) groups excluding carboxylic acids is 1. The van der Waals surface area contributed by atoms with Crippen molar-refractivity contribution in [2.75, 3.05) is 13.7 Å². The van der Waals surface area contributed by atoms with Gasteiger partial charge < -0.3 is 15.0 Å². The number of thiocarbonyl (C=S) groups is 1. The van der Waals surface area contributed by atoms with Crippen LogP contribution in [0.5, 0.6) is 0 Å². The Labute approximate surface area is 140 Å². The maximum absolute atomic E-state index is 12.3. The summed E-state index contributed by atoms with van der Waals surface area (Å²) >= 11 is 11.7. The molecule has 1 aliphatic heterocycles. The van der Waals surface area contributed by atoms with Crippen molar-refractivity contribution in [1.82, 2.24) is 10.2 Å². The molecule has 0 radical (unpaired) electrons. The van der Waals surface area contributed by atoms with Gasteiger partial charge in [0.25, 0.3) is 0 Å². The molecule has 0 saturated heterocycles. The molecule has 1 N–H and O–H groups in total. The van der Waals surface area contributed by atoms with Crippen LogP contribution in [0, 0.1) is 0 Å². The third-order valence-electron chi connectivity index (χ3n) is 3.53. The number of hydrogen-bond donors (Lipinski definition) is 1. The van der Waals surface area contributed by atoms with Crippen molar-refractivity contribution in [3.05, 3.63) is 58.8 Å². The van der Waals surface area contributed by atoms with Crippen LogP contribution in [0.15, 0.2) is 48.2 Å². The third-order valence-corrected chi connectivity index (χ3v) is 4.21. The molecule has 1 atom stereocenters. The molecule has 1 aromatic rings. The highest BCUT2D eigenvalue weighted by Crippen LogP contribution is 2.34. The monoisotopic (exact) mass is 336 g/mol. The van der Waals surface area contributed by atoms with E-state index in [1.165, 1.54) is 7.11 Å². The number of carbonyl (C=O) groups is 1. The third kappa shape index (κ3) is 3.00.